The summed E-state index contributed by atoms with van der Waals surface area (Å²) in [4.78, 5) is 10.2. The molecule has 11 aromatic carbocycles. The molecular formula is C71H47N3. The molecule has 0 saturated heterocycles. The highest BCUT2D eigenvalue weighted by atomic mass is 15.0. The third kappa shape index (κ3) is 7.71. The fourth-order valence-electron chi connectivity index (χ4n) is 11.3. The van der Waals surface area contributed by atoms with Crippen LogP contribution in [0, 0.1) is 0 Å². The first-order valence-electron chi connectivity index (χ1n) is 25.4. The molecule has 0 spiro atoms. The van der Waals surface area contributed by atoms with E-state index in [9.17, 15) is 0 Å². The van der Waals surface area contributed by atoms with Crippen LogP contribution in [0.4, 0.5) is 0 Å². The van der Waals surface area contributed by atoms with E-state index in [-0.39, 0.29) is 5.92 Å². The average Bonchev–Trinajstić information content (AvgIpc) is 4.02. The van der Waals surface area contributed by atoms with Crippen LogP contribution in [-0.2, 0) is 0 Å². The molecule has 3 heteroatoms. The third-order valence-corrected chi connectivity index (χ3v) is 14.9. The molecule has 14 rings (SSSR count). The highest BCUT2D eigenvalue weighted by molar-refractivity contribution is 6.10. The Balaban J connectivity index is 0.836. The normalized spacial score (nSPS) is 12.7. The predicted molar refractivity (Wildman–Crippen MR) is 307 cm³/mol. The van der Waals surface area contributed by atoms with E-state index in [2.05, 4.69) is 259 Å². The van der Waals surface area contributed by atoms with Crippen LogP contribution in [-0.4, -0.2) is 14.5 Å². The smallest absolute Gasteiger partial charge is 0.160 e. The topological polar surface area (TPSA) is 30.7 Å². The van der Waals surface area contributed by atoms with Gasteiger partial charge in [-0.1, -0.05) is 218 Å². The molecule has 0 amide bonds. The van der Waals surface area contributed by atoms with Crippen LogP contribution >= 0.6 is 0 Å². The summed E-state index contributed by atoms with van der Waals surface area (Å²) in [5.74, 6) is 0.810. The molecule has 13 aromatic rings. The first-order chi connectivity index (χ1) is 36.7. The third-order valence-electron chi connectivity index (χ3n) is 14.9. The SMILES string of the molecule is c1ccc(-c2cc(-c3ccccc3)cc(-c3cccc(C4c5ccccc5-c5cc(-c6ccc7c(c6)c6ccccc6n7-c6cccc(-c7cc(-c8ccccc8)nc(-c8ccccc8)n7)c6)ccc54)c3)c2)cc1. The Morgan fingerprint density at radius 3 is 1.51 bits per heavy atom. The maximum atomic E-state index is 5.17. The molecule has 1 atom stereocenters. The number of rotatable bonds is 9. The van der Waals surface area contributed by atoms with Crippen molar-refractivity contribution in [2.45, 2.75) is 5.92 Å². The maximum absolute atomic E-state index is 5.17. The van der Waals surface area contributed by atoms with Crippen molar-refractivity contribution in [2.75, 3.05) is 0 Å². The minimum atomic E-state index is 0.106. The van der Waals surface area contributed by atoms with Crippen molar-refractivity contribution in [1.82, 2.24) is 14.5 Å². The molecule has 0 aliphatic heterocycles. The second-order valence-electron chi connectivity index (χ2n) is 19.3. The van der Waals surface area contributed by atoms with Gasteiger partial charge in [0.1, 0.15) is 0 Å². The number of para-hydroxylation sites is 1. The molecule has 0 bridgehead atoms. The number of hydrogen-bond acceptors (Lipinski definition) is 2. The van der Waals surface area contributed by atoms with Gasteiger partial charge in [-0.3, -0.25) is 0 Å². The van der Waals surface area contributed by atoms with Gasteiger partial charge >= 0.3 is 0 Å². The Bertz CT molecular complexity index is 4120. The van der Waals surface area contributed by atoms with Crippen molar-refractivity contribution in [3.8, 4) is 95.2 Å². The van der Waals surface area contributed by atoms with Gasteiger partial charge in [0.15, 0.2) is 5.82 Å². The largest absolute Gasteiger partial charge is 0.309 e. The molecule has 2 aromatic heterocycles. The van der Waals surface area contributed by atoms with Crippen molar-refractivity contribution in [1.29, 1.82) is 0 Å². The molecule has 0 radical (unpaired) electrons. The lowest BCUT2D eigenvalue weighted by Gasteiger charge is -2.17. The molecule has 3 nitrogen and oxygen atoms in total. The second kappa shape index (κ2) is 18.2. The summed E-state index contributed by atoms with van der Waals surface area (Å²) in [7, 11) is 0. The number of fused-ring (bicyclic) bond motifs is 6. The zero-order chi connectivity index (χ0) is 49.0. The van der Waals surface area contributed by atoms with Gasteiger partial charge in [-0.05, 0) is 133 Å². The van der Waals surface area contributed by atoms with Crippen LogP contribution in [0.25, 0.3) is 117 Å². The van der Waals surface area contributed by atoms with Gasteiger partial charge < -0.3 is 4.57 Å². The lowest BCUT2D eigenvalue weighted by Crippen LogP contribution is -1.99. The lowest BCUT2D eigenvalue weighted by atomic mass is 9.86. The molecule has 0 saturated carbocycles. The van der Waals surface area contributed by atoms with E-state index in [0.717, 1.165) is 44.8 Å². The molecule has 1 aliphatic rings. The van der Waals surface area contributed by atoms with Crippen LogP contribution in [0.15, 0.2) is 279 Å². The molecule has 0 fully saturated rings. The van der Waals surface area contributed by atoms with E-state index >= 15 is 0 Å². The standard InChI is InChI=1S/C71H47N3/c1-5-19-47(20-6-1)56-40-57(48-21-7-2-8-22-48)42-58(41-56)51-27-17-29-55(39-51)70-62-33-14-13-31-60(62)64-44-52(35-37-63(64)70)53-36-38-69-65(45-53)61-32-15-16-34-68(61)74(69)59-30-18-28-54(43-59)67-46-66(49-23-9-3-10-24-49)72-71(73-67)50-25-11-4-12-26-50/h1-46,70H. The predicted octanol–water partition coefficient (Wildman–Crippen LogP) is 18.4. The molecule has 1 unspecified atom stereocenters. The maximum Gasteiger partial charge on any atom is 0.160 e. The minimum Gasteiger partial charge on any atom is -0.309 e. The minimum absolute atomic E-state index is 0.106. The van der Waals surface area contributed by atoms with Crippen LogP contribution in [0.1, 0.15) is 22.6 Å². The quantitative estimate of drug-likeness (QED) is 0.144. The summed E-state index contributed by atoms with van der Waals surface area (Å²) in [6.07, 6.45) is 0. The Hall–Kier alpha value is -9.70. The summed E-state index contributed by atoms with van der Waals surface area (Å²) in [5, 5.41) is 2.43. The Labute approximate surface area is 431 Å². The molecular weight excluding hydrogens is 895 g/mol. The van der Waals surface area contributed by atoms with Crippen LogP contribution in [0.3, 0.4) is 0 Å². The van der Waals surface area contributed by atoms with E-state index in [0.29, 0.717) is 5.82 Å². The van der Waals surface area contributed by atoms with Crippen molar-refractivity contribution < 1.29 is 0 Å². The van der Waals surface area contributed by atoms with Crippen LogP contribution in [0.2, 0.25) is 0 Å². The highest BCUT2D eigenvalue weighted by Gasteiger charge is 2.30. The van der Waals surface area contributed by atoms with E-state index in [1.54, 1.807) is 0 Å². The number of aromatic nitrogens is 3. The summed E-state index contributed by atoms with van der Waals surface area (Å²) in [6, 6.07) is 101. The van der Waals surface area contributed by atoms with Gasteiger partial charge in [0.05, 0.1) is 22.4 Å². The summed E-state index contributed by atoms with van der Waals surface area (Å²) >= 11 is 0. The zero-order valence-corrected chi connectivity index (χ0v) is 40.5. The fourth-order valence-corrected chi connectivity index (χ4v) is 11.3. The zero-order valence-electron chi connectivity index (χ0n) is 40.5. The van der Waals surface area contributed by atoms with Crippen molar-refractivity contribution in [3.05, 3.63) is 296 Å². The average molecular weight is 942 g/mol. The van der Waals surface area contributed by atoms with Gasteiger partial charge in [0.2, 0.25) is 0 Å². The van der Waals surface area contributed by atoms with E-state index in [1.165, 1.54) is 83.1 Å². The Morgan fingerprint density at radius 1 is 0.270 bits per heavy atom. The van der Waals surface area contributed by atoms with Crippen molar-refractivity contribution in [2.24, 2.45) is 0 Å². The number of nitrogens with zero attached hydrogens (tertiary/aromatic N) is 3. The van der Waals surface area contributed by atoms with Crippen LogP contribution < -0.4 is 0 Å². The summed E-state index contributed by atoms with van der Waals surface area (Å²) < 4.78 is 2.40. The first-order valence-corrected chi connectivity index (χ1v) is 25.4. The van der Waals surface area contributed by atoms with Crippen molar-refractivity contribution >= 4 is 21.8 Å². The van der Waals surface area contributed by atoms with Gasteiger partial charge in [0, 0.05) is 39.1 Å². The Kier molecular flexibility index (Phi) is 10.6. The molecule has 1 aliphatic carbocycles. The number of hydrogen-bond donors (Lipinski definition) is 0. The number of benzene rings is 11. The van der Waals surface area contributed by atoms with E-state index < -0.39 is 0 Å². The summed E-state index contributed by atoms with van der Waals surface area (Å²) in [5.41, 5.74) is 24.4. The molecule has 2 heterocycles. The van der Waals surface area contributed by atoms with Crippen molar-refractivity contribution in [3.63, 3.8) is 0 Å². The monoisotopic (exact) mass is 941 g/mol. The fraction of sp³-hybridized carbons (Fsp3) is 0.0141. The van der Waals surface area contributed by atoms with Gasteiger partial charge in [-0.25, -0.2) is 9.97 Å². The van der Waals surface area contributed by atoms with Gasteiger partial charge in [-0.15, -0.1) is 0 Å². The lowest BCUT2D eigenvalue weighted by molar-refractivity contribution is 1.02. The summed E-state index contributed by atoms with van der Waals surface area (Å²) in [6.45, 7) is 0. The van der Waals surface area contributed by atoms with E-state index in [4.69, 9.17) is 9.97 Å². The van der Waals surface area contributed by atoms with Gasteiger partial charge in [-0.2, -0.15) is 0 Å². The first kappa shape index (κ1) is 43.1. The molecule has 74 heavy (non-hydrogen) atoms. The van der Waals surface area contributed by atoms with Gasteiger partial charge in [0.25, 0.3) is 0 Å². The second-order valence-corrected chi connectivity index (χ2v) is 19.3. The molecule has 346 valence electrons. The highest BCUT2D eigenvalue weighted by Crippen LogP contribution is 2.50. The molecule has 0 N–H and O–H groups in total. The van der Waals surface area contributed by atoms with Crippen LogP contribution in [0.5, 0.6) is 0 Å². The van der Waals surface area contributed by atoms with E-state index in [1.807, 2.05) is 24.3 Å². The Morgan fingerprint density at radius 2 is 0.784 bits per heavy atom.